The molecule has 2 N–H and O–H groups in total. The van der Waals surface area contributed by atoms with Crippen molar-refractivity contribution in [3.8, 4) is 16.9 Å². The lowest BCUT2D eigenvalue weighted by molar-refractivity contribution is -0.0198. The zero-order valence-corrected chi connectivity index (χ0v) is 23.1. The Morgan fingerprint density at radius 2 is 1.87 bits per heavy atom. The summed E-state index contributed by atoms with van der Waals surface area (Å²) >= 11 is 0. The van der Waals surface area contributed by atoms with Gasteiger partial charge < -0.3 is 19.8 Å². The summed E-state index contributed by atoms with van der Waals surface area (Å²) in [6.07, 6.45) is 11.8. The Balaban J connectivity index is 1.09. The van der Waals surface area contributed by atoms with Crippen LogP contribution in [0.3, 0.4) is 0 Å². The van der Waals surface area contributed by atoms with E-state index in [2.05, 4.69) is 37.8 Å². The first kappa shape index (κ1) is 25.3. The molecular weight excluding hydrogens is 516 g/mol. The highest BCUT2D eigenvalue weighted by atomic mass is 32.2. The van der Waals surface area contributed by atoms with Crippen LogP contribution in [0, 0.1) is 0 Å². The van der Waals surface area contributed by atoms with Crippen molar-refractivity contribution in [2.45, 2.75) is 62.3 Å². The van der Waals surface area contributed by atoms with Crippen molar-refractivity contribution in [3.63, 3.8) is 0 Å². The molecule has 208 valence electrons. The van der Waals surface area contributed by atoms with Crippen LogP contribution in [0.5, 0.6) is 5.75 Å². The molecule has 1 aliphatic carbocycles. The molecule has 0 unspecified atom stereocenters. The second kappa shape index (κ2) is 9.43. The summed E-state index contributed by atoms with van der Waals surface area (Å²) in [6, 6.07) is 8.94. The van der Waals surface area contributed by atoms with Gasteiger partial charge in [0.05, 0.1) is 17.7 Å². The number of sulfonamides is 1. The SMILES string of the molecule is CS(=O)(=O)N1CCN([C@H]2C[C@@H](n3cc(-c4cccc(OCC56CCC(CC5)O6)c4)c4c(N)ncnc43)C2)CC1. The van der Waals surface area contributed by atoms with E-state index in [1.54, 1.807) is 4.31 Å². The van der Waals surface area contributed by atoms with Gasteiger partial charge >= 0.3 is 0 Å². The molecule has 0 spiro atoms. The Morgan fingerprint density at radius 1 is 1.10 bits per heavy atom. The Labute approximate surface area is 229 Å². The van der Waals surface area contributed by atoms with Gasteiger partial charge in [-0.2, -0.15) is 4.31 Å². The van der Waals surface area contributed by atoms with Crippen LogP contribution < -0.4 is 10.5 Å². The van der Waals surface area contributed by atoms with Crippen LogP contribution in [0.2, 0.25) is 0 Å². The van der Waals surface area contributed by atoms with E-state index in [0.29, 0.717) is 43.7 Å². The van der Waals surface area contributed by atoms with E-state index in [1.165, 1.54) is 12.6 Å². The highest BCUT2D eigenvalue weighted by Crippen LogP contribution is 2.45. The van der Waals surface area contributed by atoms with Gasteiger partial charge in [-0.1, -0.05) is 12.1 Å². The van der Waals surface area contributed by atoms with E-state index in [1.807, 2.05) is 12.1 Å². The van der Waals surface area contributed by atoms with E-state index in [4.69, 9.17) is 15.2 Å². The average molecular weight is 553 g/mol. The molecule has 2 aromatic heterocycles. The van der Waals surface area contributed by atoms with Gasteiger partial charge in [-0.25, -0.2) is 18.4 Å². The normalized spacial score (nSPS) is 29.6. The molecule has 5 heterocycles. The van der Waals surface area contributed by atoms with Gasteiger partial charge in [0.1, 0.15) is 35.7 Å². The highest BCUT2D eigenvalue weighted by molar-refractivity contribution is 7.88. The first-order valence-corrected chi connectivity index (χ1v) is 15.8. The van der Waals surface area contributed by atoms with Gasteiger partial charge in [0.15, 0.2) is 0 Å². The number of nitrogens with two attached hydrogens (primary N) is 1. The number of hydrogen-bond acceptors (Lipinski definition) is 8. The van der Waals surface area contributed by atoms with Crippen molar-refractivity contribution < 1.29 is 17.9 Å². The fraction of sp³-hybridized carbons (Fsp3) is 0.571. The lowest BCUT2D eigenvalue weighted by Gasteiger charge is -2.46. The molecule has 3 aromatic rings. The molecule has 4 aliphatic rings. The number of aromatic nitrogens is 3. The predicted molar refractivity (Wildman–Crippen MR) is 149 cm³/mol. The summed E-state index contributed by atoms with van der Waals surface area (Å²) in [7, 11) is -3.12. The maximum Gasteiger partial charge on any atom is 0.211 e. The third kappa shape index (κ3) is 4.59. The van der Waals surface area contributed by atoms with Crippen molar-refractivity contribution in [2.75, 3.05) is 44.8 Å². The molecule has 0 radical (unpaired) electrons. The molecule has 1 aromatic carbocycles. The van der Waals surface area contributed by atoms with Crippen molar-refractivity contribution in [1.29, 1.82) is 0 Å². The van der Waals surface area contributed by atoms with Gasteiger partial charge in [-0.3, -0.25) is 4.90 Å². The van der Waals surface area contributed by atoms with Crippen LogP contribution in [0.1, 0.15) is 44.6 Å². The van der Waals surface area contributed by atoms with Crippen molar-refractivity contribution >= 4 is 26.9 Å². The summed E-state index contributed by atoms with van der Waals surface area (Å²) in [4.78, 5) is 11.4. The van der Waals surface area contributed by atoms with Crippen LogP contribution in [-0.4, -0.2) is 88.9 Å². The third-order valence-corrected chi connectivity index (χ3v) is 10.6. The van der Waals surface area contributed by atoms with Gasteiger partial charge in [0.25, 0.3) is 0 Å². The number of hydrogen-bond donors (Lipinski definition) is 1. The van der Waals surface area contributed by atoms with Crippen LogP contribution in [0.15, 0.2) is 36.8 Å². The molecule has 2 bridgehead atoms. The number of benzene rings is 1. The Morgan fingerprint density at radius 3 is 2.56 bits per heavy atom. The molecule has 1 saturated carbocycles. The largest absolute Gasteiger partial charge is 0.491 e. The van der Waals surface area contributed by atoms with Crippen molar-refractivity contribution in [3.05, 3.63) is 36.8 Å². The molecule has 4 fully saturated rings. The number of anilines is 1. The summed E-state index contributed by atoms with van der Waals surface area (Å²) in [6.45, 7) is 3.26. The number of ether oxygens (including phenoxy) is 2. The maximum absolute atomic E-state index is 11.9. The van der Waals surface area contributed by atoms with E-state index < -0.39 is 10.0 Å². The lowest BCUT2D eigenvalue weighted by Crippen LogP contribution is -2.55. The second-order valence-electron chi connectivity index (χ2n) is 11.7. The molecule has 10 nitrogen and oxygen atoms in total. The zero-order valence-electron chi connectivity index (χ0n) is 22.3. The Bertz CT molecular complexity index is 1480. The fourth-order valence-corrected chi connectivity index (χ4v) is 7.77. The quantitative estimate of drug-likeness (QED) is 0.476. The number of rotatable bonds is 7. The van der Waals surface area contributed by atoms with E-state index in [0.717, 1.165) is 79.5 Å². The van der Waals surface area contributed by atoms with E-state index in [-0.39, 0.29) is 5.60 Å². The summed E-state index contributed by atoms with van der Waals surface area (Å²) in [5.74, 6) is 1.30. The number of fused-ring (bicyclic) bond motifs is 3. The first-order valence-electron chi connectivity index (χ1n) is 14.0. The fourth-order valence-electron chi connectivity index (χ4n) is 6.94. The number of nitrogen functional groups attached to an aromatic ring is 1. The molecule has 0 amide bonds. The topological polar surface area (TPSA) is 116 Å². The van der Waals surface area contributed by atoms with E-state index in [9.17, 15) is 8.42 Å². The Kier molecular flexibility index (Phi) is 6.11. The molecular formula is C28H36N6O4S. The minimum absolute atomic E-state index is 0.118. The minimum atomic E-state index is -3.12. The monoisotopic (exact) mass is 552 g/mol. The molecule has 3 saturated heterocycles. The summed E-state index contributed by atoms with van der Waals surface area (Å²) < 4.78 is 40.0. The molecule has 7 rings (SSSR count). The predicted octanol–water partition coefficient (Wildman–Crippen LogP) is 3.05. The van der Waals surface area contributed by atoms with Crippen molar-refractivity contribution in [2.24, 2.45) is 0 Å². The van der Waals surface area contributed by atoms with Gasteiger partial charge in [-0.05, 0) is 56.2 Å². The molecule has 11 heteroatoms. The van der Waals surface area contributed by atoms with Crippen LogP contribution in [-0.2, 0) is 14.8 Å². The second-order valence-corrected chi connectivity index (χ2v) is 13.7. The van der Waals surface area contributed by atoms with Crippen molar-refractivity contribution in [1.82, 2.24) is 23.7 Å². The standard InChI is InChI=1S/C28H36N6O4S/c1-39(35,36)33-11-9-32(10-12-33)20-14-21(15-20)34-16-24(25-26(29)30-18-31-27(25)34)19-3-2-4-23(13-19)37-17-28-7-5-22(38-28)6-8-28/h2-4,13,16,18,20-22H,5-12,14-15,17H2,1H3,(H2,29,30,31)/t20-,21+,22?,28?. The number of piperazine rings is 1. The zero-order chi connectivity index (χ0) is 26.8. The molecule has 3 aliphatic heterocycles. The lowest BCUT2D eigenvalue weighted by atomic mass is 9.85. The van der Waals surface area contributed by atoms with E-state index >= 15 is 0 Å². The van der Waals surface area contributed by atoms with Crippen LogP contribution in [0.25, 0.3) is 22.2 Å². The highest BCUT2D eigenvalue weighted by Gasteiger charge is 2.46. The minimum Gasteiger partial charge on any atom is -0.491 e. The van der Waals surface area contributed by atoms with Crippen LogP contribution in [0.4, 0.5) is 5.82 Å². The van der Waals surface area contributed by atoms with Gasteiger partial charge in [0, 0.05) is 50.0 Å². The average Bonchev–Trinajstić information content (AvgIpc) is 3.61. The van der Waals surface area contributed by atoms with Crippen LogP contribution >= 0.6 is 0 Å². The van der Waals surface area contributed by atoms with Gasteiger partial charge in [-0.15, -0.1) is 0 Å². The summed E-state index contributed by atoms with van der Waals surface area (Å²) in [5, 5.41) is 0.872. The first-order chi connectivity index (χ1) is 18.8. The Hall–Kier alpha value is -2.73. The smallest absolute Gasteiger partial charge is 0.211 e. The molecule has 0 atom stereocenters. The maximum atomic E-state index is 11.9. The number of nitrogens with zero attached hydrogens (tertiary/aromatic N) is 5. The third-order valence-electron chi connectivity index (χ3n) is 9.29. The summed E-state index contributed by atoms with van der Waals surface area (Å²) in [5.41, 5.74) is 9.18. The molecule has 39 heavy (non-hydrogen) atoms. The van der Waals surface area contributed by atoms with Gasteiger partial charge in [0.2, 0.25) is 10.0 Å².